The molecule has 0 unspecified atom stereocenters. The van der Waals surface area contributed by atoms with Gasteiger partial charge in [0.1, 0.15) is 0 Å². The van der Waals surface area contributed by atoms with Gasteiger partial charge >= 0.3 is 0 Å². The lowest BCUT2D eigenvalue weighted by Gasteiger charge is -2.09. The molecule has 1 rings (SSSR count). The molecule has 15 heavy (non-hydrogen) atoms. The van der Waals surface area contributed by atoms with E-state index < -0.39 is 0 Å². The third-order valence-corrected chi connectivity index (χ3v) is 2.75. The van der Waals surface area contributed by atoms with E-state index in [-0.39, 0.29) is 5.78 Å². The van der Waals surface area contributed by atoms with Crippen molar-refractivity contribution in [2.75, 3.05) is 0 Å². The van der Waals surface area contributed by atoms with Crippen LogP contribution in [0.4, 0.5) is 0 Å². The van der Waals surface area contributed by atoms with Crippen LogP contribution in [-0.4, -0.2) is 5.78 Å². The molecule has 0 amide bonds. The molecule has 0 saturated carbocycles. The summed E-state index contributed by atoms with van der Waals surface area (Å²) in [5, 5.41) is 0. The van der Waals surface area contributed by atoms with Crippen molar-refractivity contribution in [1.82, 2.24) is 0 Å². The van der Waals surface area contributed by atoms with E-state index in [1.165, 1.54) is 16.7 Å². The van der Waals surface area contributed by atoms with E-state index in [0.29, 0.717) is 0 Å². The number of Topliss-reactive ketones (excluding diaryl/α,β-unsaturated/α-hetero) is 1. The van der Waals surface area contributed by atoms with E-state index in [0.717, 1.165) is 12.0 Å². The molecular formula is C14H18O. The molecule has 0 fully saturated rings. The molecule has 0 aliphatic carbocycles. The van der Waals surface area contributed by atoms with Gasteiger partial charge in [-0.3, -0.25) is 4.79 Å². The zero-order valence-electron chi connectivity index (χ0n) is 9.92. The molecule has 0 atom stereocenters. The van der Waals surface area contributed by atoms with Crippen LogP contribution in [-0.2, 0) is 6.42 Å². The van der Waals surface area contributed by atoms with Crippen molar-refractivity contribution in [3.63, 3.8) is 0 Å². The molecule has 0 aliphatic rings. The van der Waals surface area contributed by atoms with Crippen LogP contribution in [0.25, 0.3) is 5.57 Å². The fourth-order valence-electron chi connectivity index (χ4n) is 1.65. The van der Waals surface area contributed by atoms with Gasteiger partial charge in [0.05, 0.1) is 0 Å². The Balaban J connectivity index is 3.27. The summed E-state index contributed by atoms with van der Waals surface area (Å²) in [5.41, 5.74) is 4.57. The fraction of sp³-hybridized carbons (Fsp3) is 0.357. The number of rotatable bonds is 3. The van der Waals surface area contributed by atoms with Gasteiger partial charge in [0.25, 0.3) is 0 Å². The van der Waals surface area contributed by atoms with Crippen molar-refractivity contribution in [3.05, 3.63) is 41.0 Å². The van der Waals surface area contributed by atoms with E-state index in [1.807, 2.05) is 25.1 Å². The average Bonchev–Trinajstić information content (AvgIpc) is 2.27. The third-order valence-electron chi connectivity index (χ3n) is 2.75. The van der Waals surface area contributed by atoms with Crippen molar-refractivity contribution < 1.29 is 4.79 Å². The molecule has 80 valence electrons. The molecule has 0 aliphatic heterocycles. The maximum atomic E-state index is 11.2. The standard InChI is InChI=1S/C14H18O/c1-5-10(3)14-8-7-13(11(4)15)9-12(14)6-2/h5,7-9H,6H2,1-4H3/b10-5+. The van der Waals surface area contributed by atoms with Crippen LogP contribution in [0, 0.1) is 0 Å². The van der Waals surface area contributed by atoms with Crippen molar-refractivity contribution in [1.29, 1.82) is 0 Å². The SMILES string of the molecule is C/C=C(\C)c1ccc(C(C)=O)cc1CC. The molecule has 1 aromatic rings. The highest BCUT2D eigenvalue weighted by Crippen LogP contribution is 2.21. The van der Waals surface area contributed by atoms with Gasteiger partial charge in [0.2, 0.25) is 0 Å². The van der Waals surface area contributed by atoms with Gasteiger partial charge in [-0.25, -0.2) is 0 Å². The summed E-state index contributed by atoms with van der Waals surface area (Å²) >= 11 is 0. The summed E-state index contributed by atoms with van der Waals surface area (Å²) in [4.78, 5) is 11.2. The van der Waals surface area contributed by atoms with Gasteiger partial charge in [-0.15, -0.1) is 0 Å². The highest BCUT2D eigenvalue weighted by molar-refractivity contribution is 5.94. The second kappa shape index (κ2) is 4.92. The molecule has 1 heteroatoms. The first-order chi connectivity index (χ1) is 7.10. The van der Waals surface area contributed by atoms with Crippen LogP contribution in [0.15, 0.2) is 24.3 Å². The highest BCUT2D eigenvalue weighted by Gasteiger charge is 2.06. The quantitative estimate of drug-likeness (QED) is 0.680. The summed E-state index contributed by atoms with van der Waals surface area (Å²) in [6, 6.07) is 5.96. The first kappa shape index (κ1) is 11.7. The maximum Gasteiger partial charge on any atom is 0.159 e. The predicted molar refractivity (Wildman–Crippen MR) is 65.1 cm³/mol. The van der Waals surface area contributed by atoms with Gasteiger partial charge in [-0.2, -0.15) is 0 Å². The lowest BCUT2D eigenvalue weighted by Crippen LogP contribution is -1.97. The summed E-state index contributed by atoms with van der Waals surface area (Å²) < 4.78 is 0. The molecule has 0 saturated heterocycles. The molecular weight excluding hydrogens is 184 g/mol. The number of carbonyl (C=O) groups excluding carboxylic acids is 1. The van der Waals surface area contributed by atoms with E-state index in [4.69, 9.17) is 0 Å². The largest absolute Gasteiger partial charge is 0.295 e. The van der Waals surface area contributed by atoms with Crippen molar-refractivity contribution in [2.24, 2.45) is 0 Å². The topological polar surface area (TPSA) is 17.1 Å². The normalized spacial score (nSPS) is 11.6. The molecule has 0 bridgehead atoms. The third kappa shape index (κ3) is 2.56. The Bertz CT molecular complexity index is 400. The molecule has 0 radical (unpaired) electrons. The minimum atomic E-state index is 0.134. The van der Waals surface area contributed by atoms with Crippen LogP contribution in [0.1, 0.15) is 49.2 Å². The monoisotopic (exact) mass is 202 g/mol. The summed E-state index contributed by atoms with van der Waals surface area (Å²) in [6.45, 7) is 7.86. The van der Waals surface area contributed by atoms with Gasteiger partial charge in [0, 0.05) is 5.56 Å². The van der Waals surface area contributed by atoms with Gasteiger partial charge in [0.15, 0.2) is 5.78 Å². The second-order valence-electron chi connectivity index (χ2n) is 3.75. The minimum Gasteiger partial charge on any atom is -0.295 e. The zero-order chi connectivity index (χ0) is 11.4. The summed E-state index contributed by atoms with van der Waals surface area (Å²) in [6.07, 6.45) is 3.06. The van der Waals surface area contributed by atoms with E-state index in [9.17, 15) is 4.79 Å². The average molecular weight is 202 g/mol. The number of hydrogen-bond acceptors (Lipinski definition) is 1. The van der Waals surface area contributed by atoms with Crippen LogP contribution in [0.2, 0.25) is 0 Å². The van der Waals surface area contributed by atoms with Crippen LogP contribution in [0.5, 0.6) is 0 Å². The van der Waals surface area contributed by atoms with Crippen LogP contribution < -0.4 is 0 Å². The lowest BCUT2D eigenvalue weighted by atomic mass is 9.95. The summed E-state index contributed by atoms with van der Waals surface area (Å²) in [7, 11) is 0. The Kier molecular flexibility index (Phi) is 3.84. The number of aryl methyl sites for hydroxylation is 1. The van der Waals surface area contributed by atoms with E-state index in [1.54, 1.807) is 6.92 Å². The molecule has 1 nitrogen and oxygen atoms in total. The minimum absolute atomic E-state index is 0.134. The van der Waals surface area contributed by atoms with Crippen LogP contribution in [0.3, 0.4) is 0 Å². The first-order valence-corrected chi connectivity index (χ1v) is 5.37. The zero-order valence-corrected chi connectivity index (χ0v) is 9.92. The first-order valence-electron chi connectivity index (χ1n) is 5.37. The van der Waals surface area contributed by atoms with E-state index >= 15 is 0 Å². The number of carbonyl (C=O) groups is 1. The van der Waals surface area contributed by atoms with Gasteiger partial charge < -0.3 is 0 Å². The number of allylic oxidation sites excluding steroid dienone is 2. The van der Waals surface area contributed by atoms with Crippen LogP contribution >= 0.6 is 0 Å². The fourth-order valence-corrected chi connectivity index (χ4v) is 1.65. The second-order valence-corrected chi connectivity index (χ2v) is 3.75. The Morgan fingerprint density at radius 2 is 2.00 bits per heavy atom. The molecule has 0 N–H and O–H groups in total. The number of hydrogen-bond donors (Lipinski definition) is 0. The molecule has 0 heterocycles. The number of ketones is 1. The molecule has 1 aromatic carbocycles. The number of benzene rings is 1. The van der Waals surface area contributed by atoms with Crippen molar-refractivity contribution in [2.45, 2.75) is 34.1 Å². The van der Waals surface area contributed by atoms with Gasteiger partial charge in [-0.1, -0.05) is 25.1 Å². The Morgan fingerprint density at radius 3 is 2.47 bits per heavy atom. The van der Waals surface area contributed by atoms with Gasteiger partial charge in [-0.05, 0) is 50.0 Å². The Morgan fingerprint density at radius 1 is 1.33 bits per heavy atom. The maximum absolute atomic E-state index is 11.2. The van der Waals surface area contributed by atoms with E-state index in [2.05, 4.69) is 19.9 Å². The smallest absolute Gasteiger partial charge is 0.159 e. The van der Waals surface area contributed by atoms with Crippen molar-refractivity contribution in [3.8, 4) is 0 Å². The predicted octanol–water partition coefficient (Wildman–Crippen LogP) is 3.87. The lowest BCUT2D eigenvalue weighted by molar-refractivity contribution is 0.101. The molecule has 0 spiro atoms. The Hall–Kier alpha value is -1.37. The summed E-state index contributed by atoms with van der Waals surface area (Å²) in [5.74, 6) is 0.134. The highest BCUT2D eigenvalue weighted by atomic mass is 16.1. The Labute approximate surface area is 91.8 Å². The van der Waals surface area contributed by atoms with Crippen molar-refractivity contribution >= 4 is 11.4 Å². The molecule has 0 aromatic heterocycles.